The molecule has 1 aromatic rings. The van der Waals surface area contributed by atoms with Crippen LogP contribution in [0, 0.1) is 0 Å². The van der Waals surface area contributed by atoms with E-state index in [0.29, 0.717) is 19.2 Å². The number of amides is 2. The third kappa shape index (κ3) is 2.58. The number of ether oxygens (including phenoxy) is 1. The molecule has 3 rings (SSSR count). The lowest BCUT2D eigenvalue weighted by molar-refractivity contribution is 0.202. The summed E-state index contributed by atoms with van der Waals surface area (Å²) in [6, 6.07) is 6.81. The molecule has 20 heavy (non-hydrogen) atoms. The van der Waals surface area contributed by atoms with Gasteiger partial charge in [0.2, 0.25) is 0 Å². The summed E-state index contributed by atoms with van der Waals surface area (Å²) in [5, 5.41) is 6.12. The van der Waals surface area contributed by atoms with Gasteiger partial charge in [-0.2, -0.15) is 0 Å². The smallest absolute Gasteiger partial charge is 0.317 e. The minimum absolute atomic E-state index is 0.0133. The van der Waals surface area contributed by atoms with Crippen molar-refractivity contribution in [1.82, 2.24) is 15.5 Å². The first-order valence-corrected chi connectivity index (χ1v) is 7.23. The predicted molar refractivity (Wildman–Crippen MR) is 77.0 cm³/mol. The first-order chi connectivity index (χ1) is 9.78. The Bertz CT molecular complexity index is 504. The summed E-state index contributed by atoms with van der Waals surface area (Å²) in [6.07, 6.45) is 2.26. The zero-order valence-corrected chi connectivity index (χ0v) is 11.8. The van der Waals surface area contributed by atoms with Crippen LogP contribution in [-0.4, -0.2) is 44.2 Å². The second-order valence-electron chi connectivity index (χ2n) is 5.31. The largest absolute Gasteiger partial charge is 0.492 e. The van der Waals surface area contributed by atoms with Crippen LogP contribution in [0.25, 0.3) is 0 Å². The van der Waals surface area contributed by atoms with Crippen LogP contribution >= 0.6 is 0 Å². The quantitative estimate of drug-likeness (QED) is 0.851. The fraction of sp³-hybridized carbons (Fsp3) is 0.533. The molecule has 1 atom stereocenters. The zero-order chi connectivity index (χ0) is 13.9. The molecule has 5 nitrogen and oxygen atoms in total. The number of fused-ring (bicyclic) bond motifs is 1. The lowest BCUT2D eigenvalue weighted by Gasteiger charge is -2.15. The Morgan fingerprint density at radius 1 is 1.50 bits per heavy atom. The first-order valence-electron chi connectivity index (χ1n) is 7.23. The summed E-state index contributed by atoms with van der Waals surface area (Å²) in [5.41, 5.74) is 2.76. The molecule has 1 unspecified atom stereocenters. The average molecular weight is 275 g/mol. The summed E-state index contributed by atoms with van der Waals surface area (Å²) in [7, 11) is 2.01. The number of hydrogen-bond donors (Lipinski definition) is 2. The van der Waals surface area contributed by atoms with Crippen molar-refractivity contribution in [2.75, 3.05) is 33.3 Å². The minimum Gasteiger partial charge on any atom is -0.492 e. The van der Waals surface area contributed by atoms with Gasteiger partial charge in [-0.1, -0.05) is 6.07 Å². The van der Waals surface area contributed by atoms with Crippen molar-refractivity contribution < 1.29 is 9.53 Å². The SMILES string of the molecule is CNC1CCc2cc(OCCN3CCNC3=O)ccc21. The van der Waals surface area contributed by atoms with Crippen molar-refractivity contribution >= 4 is 6.03 Å². The molecule has 0 bridgehead atoms. The Labute approximate surface area is 119 Å². The van der Waals surface area contributed by atoms with Gasteiger partial charge in [0.05, 0.1) is 6.54 Å². The third-order valence-corrected chi connectivity index (χ3v) is 4.12. The van der Waals surface area contributed by atoms with E-state index in [1.807, 2.05) is 13.1 Å². The van der Waals surface area contributed by atoms with Gasteiger partial charge in [-0.05, 0) is 43.1 Å². The van der Waals surface area contributed by atoms with Crippen molar-refractivity contribution in [2.45, 2.75) is 18.9 Å². The van der Waals surface area contributed by atoms with Crippen molar-refractivity contribution in [2.24, 2.45) is 0 Å². The van der Waals surface area contributed by atoms with E-state index < -0.39 is 0 Å². The van der Waals surface area contributed by atoms with Crippen LogP contribution in [0.2, 0.25) is 0 Å². The molecule has 5 heteroatoms. The van der Waals surface area contributed by atoms with Gasteiger partial charge in [0, 0.05) is 19.1 Å². The number of rotatable bonds is 5. The summed E-state index contributed by atoms with van der Waals surface area (Å²) in [5.74, 6) is 0.903. The van der Waals surface area contributed by atoms with Crippen LogP contribution in [0.5, 0.6) is 5.75 Å². The summed E-state index contributed by atoms with van der Waals surface area (Å²) >= 11 is 0. The third-order valence-electron chi connectivity index (χ3n) is 4.12. The fourth-order valence-electron chi connectivity index (χ4n) is 2.98. The molecular weight excluding hydrogens is 254 g/mol. The molecule has 0 spiro atoms. The molecule has 108 valence electrons. The van der Waals surface area contributed by atoms with E-state index >= 15 is 0 Å². The number of nitrogens with zero attached hydrogens (tertiary/aromatic N) is 1. The van der Waals surface area contributed by atoms with E-state index in [-0.39, 0.29) is 6.03 Å². The lowest BCUT2D eigenvalue weighted by atomic mass is 10.1. The highest BCUT2D eigenvalue weighted by molar-refractivity contribution is 5.76. The molecule has 1 fully saturated rings. The van der Waals surface area contributed by atoms with Crippen LogP contribution in [0.4, 0.5) is 4.79 Å². The van der Waals surface area contributed by atoms with Gasteiger partial charge in [0.1, 0.15) is 12.4 Å². The van der Waals surface area contributed by atoms with E-state index in [9.17, 15) is 4.79 Å². The monoisotopic (exact) mass is 275 g/mol. The number of benzene rings is 1. The Balaban J connectivity index is 1.55. The summed E-state index contributed by atoms with van der Waals surface area (Å²) < 4.78 is 5.77. The Morgan fingerprint density at radius 3 is 3.15 bits per heavy atom. The molecule has 0 radical (unpaired) electrons. The van der Waals surface area contributed by atoms with Gasteiger partial charge in [-0.25, -0.2) is 4.79 Å². The Morgan fingerprint density at radius 2 is 2.40 bits per heavy atom. The summed E-state index contributed by atoms with van der Waals surface area (Å²) in [4.78, 5) is 13.2. The molecule has 0 aromatic heterocycles. The minimum atomic E-state index is 0.0133. The first kappa shape index (κ1) is 13.2. The van der Waals surface area contributed by atoms with Crippen molar-refractivity contribution in [3.05, 3.63) is 29.3 Å². The van der Waals surface area contributed by atoms with E-state index in [0.717, 1.165) is 31.7 Å². The number of aryl methyl sites for hydroxylation is 1. The van der Waals surface area contributed by atoms with E-state index in [1.165, 1.54) is 11.1 Å². The maximum Gasteiger partial charge on any atom is 0.317 e. The highest BCUT2D eigenvalue weighted by atomic mass is 16.5. The molecule has 1 aliphatic heterocycles. The second kappa shape index (κ2) is 5.71. The highest BCUT2D eigenvalue weighted by Gasteiger charge is 2.21. The number of urea groups is 1. The normalized spacial score (nSPS) is 20.9. The van der Waals surface area contributed by atoms with Crippen LogP contribution in [0.3, 0.4) is 0 Å². The Hall–Kier alpha value is -1.75. The van der Waals surface area contributed by atoms with E-state index in [4.69, 9.17) is 4.74 Å². The van der Waals surface area contributed by atoms with Gasteiger partial charge in [-0.15, -0.1) is 0 Å². The van der Waals surface area contributed by atoms with E-state index in [2.05, 4.69) is 22.8 Å². The molecule has 2 aliphatic rings. The summed E-state index contributed by atoms with van der Waals surface area (Å²) in [6.45, 7) is 2.70. The van der Waals surface area contributed by atoms with Crippen molar-refractivity contribution in [1.29, 1.82) is 0 Å². The molecule has 0 saturated carbocycles. The zero-order valence-electron chi connectivity index (χ0n) is 11.8. The molecule has 1 aliphatic carbocycles. The van der Waals surface area contributed by atoms with E-state index in [1.54, 1.807) is 4.90 Å². The standard InChI is InChI=1S/C15H21N3O2/c1-16-14-5-2-11-10-12(3-4-13(11)14)20-9-8-18-7-6-17-15(18)19/h3-4,10,14,16H,2,5-9H2,1H3,(H,17,19). The van der Waals surface area contributed by atoms with Crippen molar-refractivity contribution in [3.8, 4) is 5.75 Å². The number of hydrogen-bond acceptors (Lipinski definition) is 3. The number of carbonyl (C=O) groups is 1. The molecule has 1 saturated heterocycles. The van der Waals surface area contributed by atoms with Gasteiger partial charge in [0.25, 0.3) is 0 Å². The van der Waals surface area contributed by atoms with Crippen LogP contribution in [0.15, 0.2) is 18.2 Å². The topological polar surface area (TPSA) is 53.6 Å². The van der Waals surface area contributed by atoms with Gasteiger partial charge < -0.3 is 20.3 Å². The lowest BCUT2D eigenvalue weighted by Crippen LogP contribution is -2.31. The van der Waals surface area contributed by atoms with Crippen LogP contribution < -0.4 is 15.4 Å². The number of nitrogens with one attached hydrogen (secondary N) is 2. The second-order valence-corrected chi connectivity index (χ2v) is 5.31. The van der Waals surface area contributed by atoms with Crippen molar-refractivity contribution in [3.63, 3.8) is 0 Å². The molecule has 2 amide bonds. The molecular formula is C15H21N3O2. The Kier molecular flexibility index (Phi) is 3.78. The maximum atomic E-state index is 11.4. The van der Waals surface area contributed by atoms with Gasteiger partial charge in [-0.3, -0.25) is 0 Å². The maximum absolute atomic E-state index is 11.4. The number of carbonyl (C=O) groups excluding carboxylic acids is 1. The fourth-order valence-corrected chi connectivity index (χ4v) is 2.98. The molecule has 1 aromatic carbocycles. The van der Waals surface area contributed by atoms with Gasteiger partial charge >= 0.3 is 6.03 Å². The molecule has 1 heterocycles. The van der Waals surface area contributed by atoms with Crippen LogP contribution in [0.1, 0.15) is 23.6 Å². The highest BCUT2D eigenvalue weighted by Crippen LogP contribution is 2.33. The van der Waals surface area contributed by atoms with Crippen LogP contribution in [-0.2, 0) is 6.42 Å². The molecule has 2 N–H and O–H groups in total. The van der Waals surface area contributed by atoms with Gasteiger partial charge in [0.15, 0.2) is 0 Å². The average Bonchev–Trinajstić information content (AvgIpc) is 3.05. The predicted octanol–water partition coefficient (Wildman–Crippen LogP) is 1.30.